The summed E-state index contributed by atoms with van der Waals surface area (Å²) < 4.78 is 84.1. The number of ether oxygens (including phenoxy) is 2. The van der Waals surface area contributed by atoms with Gasteiger partial charge in [-0.15, -0.1) is 13.2 Å². The first-order chi connectivity index (χ1) is 16.3. The number of benzene rings is 1. The molecule has 1 aromatic carbocycles. The van der Waals surface area contributed by atoms with Gasteiger partial charge in [0.15, 0.2) is 6.61 Å². The van der Waals surface area contributed by atoms with Gasteiger partial charge in [-0.05, 0) is 68.7 Å². The summed E-state index contributed by atoms with van der Waals surface area (Å²) in [6.07, 6.45) is -7.09. The van der Waals surface area contributed by atoms with Crippen molar-refractivity contribution >= 4 is 11.8 Å². The highest BCUT2D eigenvalue weighted by Crippen LogP contribution is 2.65. The third-order valence-electron chi connectivity index (χ3n) is 7.78. The van der Waals surface area contributed by atoms with Crippen LogP contribution in [0.1, 0.15) is 44.1 Å². The molecule has 0 unspecified atom stereocenters. The van der Waals surface area contributed by atoms with E-state index in [1.165, 1.54) is 0 Å². The van der Waals surface area contributed by atoms with Crippen LogP contribution >= 0.6 is 0 Å². The zero-order valence-corrected chi connectivity index (χ0v) is 18.5. The zero-order chi connectivity index (χ0) is 25.2. The van der Waals surface area contributed by atoms with Gasteiger partial charge >= 0.3 is 12.5 Å². The first-order valence-electron chi connectivity index (χ1n) is 11.4. The molecule has 1 heterocycles. The highest BCUT2D eigenvalue weighted by Gasteiger charge is 2.72. The van der Waals surface area contributed by atoms with Gasteiger partial charge in [0.1, 0.15) is 5.75 Å². The number of halogens is 6. The van der Waals surface area contributed by atoms with Crippen LogP contribution in [-0.4, -0.2) is 53.4 Å². The number of nitrogens with zero attached hydrogens (tertiary/aromatic N) is 1. The Morgan fingerprint density at radius 3 is 2.26 bits per heavy atom. The Bertz CT molecular complexity index is 983. The summed E-state index contributed by atoms with van der Waals surface area (Å²) in [5.74, 6) is -0.641. The predicted octanol–water partition coefficient (Wildman–Crippen LogP) is 4.04. The lowest BCUT2D eigenvalue weighted by molar-refractivity contribution is -0.355. The van der Waals surface area contributed by atoms with Crippen LogP contribution in [0.3, 0.4) is 0 Å². The zero-order valence-electron chi connectivity index (χ0n) is 18.5. The molecule has 2 bridgehead atoms. The van der Waals surface area contributed by atoms with E-state index in [4.69, 9.17) is 4.74 Å². The van der Waals surface area contributed by atoms with Crippen molar-refractivity contribution in [3.63, 3.8) is 0 Å². The molecule has 1 atom stereocenters. The lowest BCUT2D eigenvalue weighted by Gasteiger charge is -2.73. The molecule has 6 rings (SSSR count). The van der Waals surface area contributed by atoms with Crippen LogP contribution in [0.15, 0.2) is 24.3 Å². The number of hydrogen-bond donors (Lipinski definition) is 1. The topological polar surface area (TPSA) is 67.9 Å². The maximum atomic E-state index is 13.0. The van der Waals surface area contributed by atoms with Crippen LogP contribution in [0.4, 0.5) is 26.3 Å². The highest BCUT2D eigenvalue weighted by atomic mass is 19.4. The monoisotopic (exact) mass is 506 g/mol. The smallest absolute Gasteiger partial charge is 0.484 e. The minimum absolute atomic E-state index is 0.0225. The van der Waals surface area contributed by atoms with E-state index in [-0.39, 0.29) is 48.5 Å². The normalized spacial score (nSPS) is 34.1. The summed E-state index contributed by atoms with van der Waals surface area (Å²) in [5, 5.41) is 2.91. The van der Waals surface area contributed by atoms with Gasteiger partial charge in [-0.3, -0.25) is 14.3 Å². The maximum absolute atomic E-state index is 13.0. The van der Waals surface area contributed by atoms with Crippen molar-refractivity contribution in [3.8, 4) is 5.75 Å². The van der Waals surface area contributed by atoms with Gasteiger partial charge in [0.05, 0.1) is 11.7 Å². The van der Waals surface area contributed by atoms with Crippen molar-refractivity contribution in [1.29, 1.82) is 0 Å². The fourth-order valence-electron chi connectivity index (χ4n) is 6.20. The molecular formula is C23H24F6N2O4. The van der Waals surface area contributed by atoms with E-state index in [0.717, 1.165) is 24.3 Å². The molecule has 1 saturated heterocycles. The Morgan fingerprint density at radius 2 is 1.69 bits per heavy atom. The minimum Gasteiger partial charge on any atom is -0.484 e. The van der Waals surface area contributed by atoms with Gasteiger partial charge in [-0.1, -0.05) is 0 Å². The number of likely N-dealkylation sites (tertiary alicyclic amines) is 1. The minimum atomic E-state index is -4.66. The van der Waals surface area contributed by atoms with Crippen LogP contribution in [0.5, 0.6) is 5.75 Å². The van der Waals surface area contributed by atoms with Crippen molar-refractivity contribution in [1.82, 2.24) is 10.2 Å². The molecule has 1 N–H and O–H groups in total. The second kappa shape index (κ2) is 8.01. The molecule has 6 nitrogen and oxygen atoms in total. The second-order valence-electron chi connectivity index (χ2n) is 10.2. The molecule has 0 spiro atoms. The van der Waals surface area contributed by atoms with E-state index in [9.17, 15) is 35.9 Å². The Labute approximate surface area is 196 Å². The Balaban J connectivity index is 1.05. The summed E-state index contributed by atoms with van der Waals surface area (Å²) in [5.41, 5.74) is -1.53. The van der Waals surface area contributed by atoms with E-state index in [0.29, 0.717) is 32.2 Å². The summed E-state index contributed by atoms with van der Waals surface area (Å²) in [6, 6.07) is 4.07. The van der Waals surface area contributed by atoms with Gasteiger partial charge in [-0.2, -0.15) is 13.2 Å². The number of rotatable bonds is 7. The van der Waals surface area contributed by atoms with Gasteiger partial charge in [-0.25, -0.2) is 0 Å². The summed E-state index contributed by atoms with van der Waals surface area (Å²) in [7, 11) is 0. The lowest BCUT2D eigenvalue weighted by atomic mass is 9.43. The quantitative estimate of drug-likeness (QED) is 0.567. The number of amides is 2. The van der Waals surface area contributed by atoms with Crippen LogP contribution in [0, 0.1) is 11.8 Å². The highest BCUT2D eigenvalue weighted by molar-refractivity contribution is 5.84. The molecule has 4 aliphatic carbocycles. The van der Waals surface area contributed by atoms with Gasteiger partial charge in [0.2, 0.25) is 5.91 Å². The van der Waals surface area contributed by atoms with Crippen LogP contribution < -0.4 is 10.1 Å². The molecular weight excluding hydrogens is 482 g/mol. The van der Waals surface area contributed by atoms with E-state index < -0.39 is 35.7 Å². The standard InChI is InChI=1S/C23H24F6N2O4/c24-22(25,26)14-1-3-15(4-2-14)34-9-18(32)30-20-10-21(11-20,12-20)31-6-5-17(19(31)33)13-7-16(8-13)35-23(27,28)29/h1-4,13,16-17H,5-12H2,(H,30,32)/t13?,16?,17-,20?,21?/m0/s1. The van der Waals surface area contributed by atoms with Crippen LogP contribution in [0.25, 0.3) is 0 Å². The molecule has 5 fully saturated rings. The number of alkyl halides is 6. The van der Waals surface area contributed by atoms with Crippen molar-refractivity contribution in [3.05, 3.63) is 29.8 Å². The number of hydrogen-bond acceptors (Lipinski definition) is 4. The molecule has 192 valence electrons. The molecule has 1 aromatic rings. The van der Waals surface area contributed by atoms with Gasteiger partial charge in [0, 0.05) is 23.5 Å². The van der Waals surface area contributed by atoms with Crippen molar-refractivity contribution in [2.24, 2.45) is 11.8 Å². The average Bonchev–Trinajstić information content (AvgIpc) is 3.04. The maximum Gasteiger partial charge on any atom is 0.522 e. The molecule has 35 heavy (non-hydrogen) atoms. The first-order valence-corrected chi connectivity index (χ1v) is 11.4. The molecule has 4 saturated carbocycles. The second-order valence-corrected chi connectivity index (χ2v) is 10.2. The fraction of sp³-hybridized carbons (Fsp3) is 0.652. The Morgan fingerprint density at radius 1 is 1.06 bits per heavy atom. The van der Waals surface area contributed by atoms with E-state index in [1.807, 2.05) is 4.90 Å². The molecule has 2 amide bonds. The average molecular weight is 506 g/mol. The summed E-state index contributed by atoms with van der Waals surface area (Å²) in [6.45, 7) is 0.222. The number of carbonyl (C=O) groups is 2. The van der Waals surface area contributed by atoms with Crippen molar-refractivity contribution in [2.75, 3.05) is 13.2 Å². The third-order valence-corrected chi connectivity index (χ3v) is 7.78. The number of carbonyl (C=O) groups excluding carboxylic acids is 2. The molecule has 1 aliphatic heterocycles. The third kappa shape index (κ3) is 4.56. The lowest BCUT2D eigenvalue weighted by Crippen LogP contribution is -2.84. The molecule has 0 aromatic heterocycles. The SMILES string of the molecule is O=C(COc1ccc(C(F)(F)F)cc1)NC12CC(N3CC[C@@H](C4CC(OC(F)(F)F)C4)C3=O)(C1)C2. The van der Waals surface area contributed by atoms with E-state index in [2.05, 4.69) is 10.1 Å². The summed E-state index contributed by atoms with van der Waals surface area (Å²) >= 11 is 0. The van der Waals surface area contributed by atoms with E-state index in [1.54, 1.807) is 0 Å². The van der Waals surface area contributed by atoms with Crippen LogP contribution in [0.2, 0.25) is 0 Å². The van der Waals surface area contributed by atoms with Crippen molar-refractivity contribution in [2.45, 2.75) is 68.2 Å². The first kappa shape index (κ1) is 24.2. The number of nitrogens with one attached hydrogen (secondary N) is 1. The largest absolute Gasteiger partial charge is 0.522 e. The van der Waals surface area contributed by atoms with Crippen molar-refractivity contribution < 1.29 is 45.4 Å². The predicted molar refractivity (Wildman–Crippen MR) is 108 cm³/mol. The summed E-state index contributed by atoms with van der Waals surface area (Å²) in [4.78, 5) is 27.1. The van der Waals surface area contributed by atoms with E-state index >= 15 is 0 Å². The molecule has 12 heteroatoms. The van der Waals surface area contributed by atoms with Gasteiger partial charge < -0.3 is 15.0 Å². The fourth-order valence-corrected chi connectivity index (χ4v) is 6.20. The van der Waals surface area contributed by atoms with Crippen LogP contribution in [-0.2, 0) is 20.5 Å². The Kier molecular flexibility index (Phi) is 5.54. The molecule has 5 aliphatic rings. The van der Waals surface area contributed by atoms with Gasteiger partial charge in [0.25, 0.3) is 5.91 Å². The molecule has 0 radical (unpaired) electrons. The Hall–Kier alpha value is -2.50.